The summed E-state index contributed by atoms with van der Waals surface area (Å²) in [4.78, 5) is 8.33. The van der Waals surface area contributed by atoms with Gasteiger partial charge in [-0.15, -0.1) is 0 Å². The Hall–Kier alpha value is 0.230. The van der Waals surface area contributed by atoms with Gasteiger partial charge in [-0.25, -0.2) is 0 Å². The predicted molar refractivity (Wildman–Crippen MR) is 10.1 cm³/mol. The van der Waals surface area contributed by atoms with E-state index in [0.29, 0.717) is 0 Å². The van der Waals surface area contributed by atoms with Crippen LogP contribution in [0.5, 0.6) is 0 Å². The van der Waals surface area contributed by atoms with Gasteiger partial charge in [0.05, 0.1) is 0 Å². The van der Waals surface area contributed by atoms with Crippen LogP contribution in [0, 0.1) is 0 Å². The average Bonchev–Trinajstić information content (AvgIpc) is 0.811. The molecule has 0 saturated carbocycles. The van der Waals surface area contributed by atoms with Crippen LogP contribution in [0.3, 0.4) is 0 Å². The zero-order valence-electron chi connectivity index (χ0n) is 4.22. The molecule has 0 aliphatic rings. The number of hydrogen-bond donors (Lipinski definition) is 0. The third-order valence-corrected chi connectivity index (χ3v) is 0. The first kappa shape index (κ1) is 16.3. The zero-order valence-corrected chi connectivity index (χ0v) is 5.22. The molecule has 0 aromatic heterocycles. The first-order valence-corrected chi connectivity index (χ1v) is 0.612. The molecule has 0 fully saturated rings. The van der Waals surface area contributed by atoms with Gasteiger partial charge in [0.15, 0.2) is 0 Å². The maximum Gasteiger partial charge on any atom is 1.00 e. The molecule has 0 rings (SSSR count). The molecule has 0 atom stereocenters. The Kier molecular flexibility index (Phi) is 24.4. The van der Waals surface area contributed by atoms with Gasteiger partial charge in [-0.2, -0.15) is 0 Å². The van der Waals surface area contributed by atoms with Gasteiger partial charge in [-0.3, -0.25) is 0 Å². The van der Waals surface area contributed by atoms with Gasteiger partial charge in [0.2, 0.25) is 0 Å². The van der Waals surface area contributed by atoms with Crippen LogP contribution in [0.25, 0.3) is 0 Å². The second-order valence-electron chi connectivity index (χ2n) is 0.250. The molecule has 2 N–H and O–H groups in total. The molecule has 0 aromatic carbocycles. The van der Waals surface area contributed by atoms with Crippen molar-refractivity contribution in [2.75, 3.05) is 0 Å². The minimum atomic E-state index is -2.33. The van der Waals surface area contributed by atoms with E-state index in [-0.39, 0.29) is 36.5 Å². The number of carbonyl (C=O) groups is 1. The average molecular weight is 102 g/mol. The van der Waals surface area contributed by atoms with Crippen molar-refractivity contribution in [3.05, 3.63) is 0 Å². The van der Waals surface area contributed by atoms with Crippen molar-refractivity contribution >= 4 is 6.16 Å². The second-order valence-corrected chi connectivity index (χ2v) is 0.250. The molecule has 0 aliphatic carbocycles. The normalized spacial score (nSPS) is 4.00. The van der Waals surface area contributed by atoms with Gasteiger partial charge in [0, 0.05) is 0 Å². The molecular formula is CH3NaO4. The van der Waals surface area contributed by atoms with E-state index in [1.807, 2.05) is 0 Å². The van der Waals surface area contributed by atoms with Crippen LogP contribution in [-0.4, -0.2) is 11.6 Å². The SMILES string of the molecule is O.O=C([O-])[O-].[H+].[Na+]. The van der Waals surface area contributed by atoms with Gasteiger partial charge in [0.1, 0.15) is 0 Å². The zero-order chi connectivity index (χ0) is 3.58. The Morgan fingerprint density at radius 2 is 1.50 bits per heavy atom. The first-order valence-electron chi connectivity index (χ1n) is 0.612. The van der Waals surface area contributed by atoms with Crippen molar-refractivity contribution in [1.82, 2.24) is 0 Å². The predicted octanol–water partition coefficient (Wildman–Crippen LogP) is -6.16. The molecule has 6 heavy (non-hydrogen) atoms. The fraction of sp³-hybridized carbons (Fsp3) is 0. The van der Waals surface area contributed by atoms with Crippen molar-refractivity contribution in [3.8, 4) is 0 Å². The monoisotopic (exact) mass is 102 g/mol. The van der Waals surface area contributed by atoms with E-state index in [2.05, 4.69) is 0 Å². The fourth-order valence-corrected chi connectivity index (χ4v) is 0. The molecule has 0 radical (unpaired) electrons. The van der Waals surface area contributed by atoms with E-state index in [1.165, 1.54) is 0 Å². The summed E-state index contributed by atoms with van der Waals surface area (Å²) < 4.78 is 0. The molecule has 0 saturated heterocycles. The summed E-state index contributed by atoms with van der Waals surface area (Å²) in [7, 11) is 0. The Balaban J connectivity index is -0.0000000150. The molecule has 5 heteroatoms. The van der Waals surface area contributed by atoms with E-state index < -0.39 is 6.16 Å². The molecule has 0 aromatic rings. The smallest absolute Gasteiger partial charge is 0.652 e. The van der Waals surface area contributed by atoms with E-state index in [9.17, 15) is 0 Å². The summed E-state index contributed by atoms with van der Waals surface area (Å²) in [5.41, 5.74) is 0. The number of carbonyl (C=O) groups excluding carboxylic acids is 1. The molecule has 0 amide bonds. The number of rotatable bonds is 0. The summed E-state index contributed by atoms with van der Waals surface area (Å²) in [5, 5.41) is 16.7. The standard InChI is InChI=1S/CH2O3.Na.H2O/c2-1(3)4;;/h(H2,2,3,4);;1H2/q;+1;/p-1. The third-order valence-electron chi connectivity index (χ3n) is 0. The van der Waals surface area contributed by atoms with Crippen LogP contribution in [0.4, 0.5) is 4.79 Å². The Labute approximate surface area is 57.9 Å². The maximum absolute atomic E-state index is 8.33. The van der Waals surface area contributed by atoms with Crippen molar-refractivity contribution in [2.45, 2.75) is 0 Å². The molecule has 4 nitrogen and oxygen atoms in total. The van der Waals surface area contributed by atoms with Gasteiger partial charge in [-0.05, 0) is 6.16 Å². The second kappa shape index (κ2) is 8.97. The minimum absolute atomic E-state index is 0. The molecule has 0 bridgehead atoms. The summed E-state index contributed by atoms with van der Waals surface area (Å²) in [6, 6.07) is 0. The van der Waals surface area contributed by atoms with E-state index in [4.69, 9.17) is 15.0 Å². The van der Waals surface area contributed by atoms with Gasteiger partial charge < -0.3 is 20.5 Å². The van der Waals surface area contributed by atoms with Crippen LogP contribution in [0.1, 0.15) is 1.43 Å². The molecule has 0 unspecified atom stereocenters. The largest absolute Gasteiger partial charge is 1.00 e. The molecule has 0 aliphatic heterocycles. The van der Waals surface area contributed by atoms with Crippen molar-refractivity contribution in [1.29, 1.82) is 0 Å². The van der Waals surface area contributed by atoms with E-state index in [1.54, 1.807) is 0 Å². The van der Waals surface area contributed by atoms with E-state index >= 15 is 0 Å². The quantitative estimate of drug-likeness (QED) is 0.285. The summed E-state index contributed by atoms with van der Waals surface area (Å²) >= 11 is 0. The molecule has 32 valence electrons. The number of carboxylic acid groups (broad SMARTS) is 2. The van der Waals surface area contributed by atoms with Crippen LogP contribution >= 0.6 is 0 Å². The Morgan fingerprint density at radius 3 is 1.50 bits per heavy atom. The van der Waals surface area contributed by atoms with E-state index in [0.717, 1.165) is 0 Å². The third kappa shape index (κ3) is 834. The Morgan fingerprint density at radius 1 is 1.50 bits per heavy atom. The summed E-state index contributed by atoms with van der Waals surface area (Å²) in [6.07, 6.45) is -2.33. The van der Waals surface area contributed by atoms with Crippen LogP contribution in [0.2, 0.25) is 0 Å². The minimum Gasteiger partial charge on any atom is -0.652 e. The van der Waals surface area contributed by atoms with Crippen LogP contribution in [0.15, 0.2) is 0 Å². The maximum atomic E-state index is 8.33. The van der Waals surface area contributed by atoms with Crippen LogP contribution in [-0.2, 0) is 0 Å². The van der Waals surface area contributed by atoms with Crippen molar-refractivity contribution < 1.29 is 51.5 Å². The van der Waals surface area contributed by atoms with Crippen LogP contribution < -0.4 is 39.8 Å². The fourth-order valence-electron chi connectivity index (χ4n) is 0. The van der Waals surface area contributed by atoms with Crippen molar-refractivity contribution in [2.24, 2.45) is 0 Å². The molecule has 0 heterocycles. The van der Waals surface area contributed by atoms with Gasteiger partial charge >= 0.3 is 31.0 Å². The Bertz CT molecular complexity index is 34.7. The summed E-state index contributed by atoms with van der Waals surface area (Å²) in [6.45, 7) is 0. The molecule has 0 spiro atoms. The first-order chi connectivity index (χ1) is 1.73. The van der Waals surface area contributed by atoms with Gasteiger partial charge in [-0.1, -0.05) is 0 Å². The number of hydrogen-bond acceptors (Lipinski definition) is 3. The van der Waals surface area contributed by atoms with Gasteiger partial charge in [0.25, 0.3) is 0 Å². The van der Waals surface area contributed by atoms with Crippen molar-refractivity contribution in [3.63, 3.8) is 0 Å². The topological polar surface area (TPSA) is 94.7 Å². The molecular weight excluding hydrogens is 99.0 g/mol. The summed E-state index contributed by atoms with van der Waals surface area (Å²) in [5.74, 6) is 0.